The van der Waals surface area contributed by atoms with Crippen molar-refractivity contribution < 1.29 is 4.79 Å². The molecule has 0 aliphatic carbocycles. The number of hydrogen-bond acceptors (Lipinski definition) is 2. The van der Waals surface area contributed by atoms with Gasteiger partial charge in [0.2, 0.25) is 5.91 Å². The van der Waals surface area contributed by atoms with Crippen LogP contribution in [0.2, 0.25) is 5.02 Å². The van der Waals surface area contributed by atoms with Crippen molar-refractivity contribution in [2.24, 2.45) is 0 Å². The fraction of sp³-hybridized carbons (Fsp3) is 0.417. The van der Waals surface area contributed by atoms with Gasteiger partial charge in [-0.05, 0) is 48.0 Å². The Kier molecular flexibility index (Phi) is 5.78. The number of rotatable bonds is 5. The van der Waals surface area contributed by atoms with Crippen molar-refractivity contribution in [1.29, 1.82) is 0 Å². The van der Waals surface area contributed by atoms with Gasteiger partial charge < -0.3 is 10.6 Å². The summed E-state index contributed by atoms with van der Waals surface area (Å²) in [7, 11) is 0. The Morgan fingerprint density at radius 2 is 2.18 bits per heavy atom. The van der Waals surface area contributed by atoms with Crippen LogP contribution >= 0.6 is 27.5 Å². The minimum atomic E-state index is 0.0560. The predicted molar refractivity (Wildman–Crippen MR) is 75.5 cm³/mol. The molecule has 1 aromatic carbocycles. The highest BCUT2D eigenvalue weighted by atomic mass is 79.9. The van der Waals surface area contributed by atoms with Crippen molar-refractivity contribution in [2.45, 2.75) is 26.3 Å². The number of anilines is 1. The van der Waals surface area contributed by atoms with E-state index < -0.39 is 0 Å². The lowest BCUT2D eigenvalue weighted by molar-refractivity contribution is -0.121. The number of amides is 1. The Labute approximate surface area is 115 Å². The van der Waals surface area contributed by atoms with Gasteiger partial charge in [0.25, 0.3) is 0 Å². The van der Waals surface area contributed by atoms with E-state index in [2.05, 4.69) is 26.6 Å². The Morgan fingerprint density at radius 3 is 2.76 bits per heavy atom. The minimum Gasteiger partial charge on any atom is -0.384 e. The van der Waals surface area contributed by atoms with Crippen molar-refractivity contribution in [3.05, 3.63) is 27.7 Å². The first-order chi connectivity index (χ1) is 7.99. The molecule has 0 atom stereocenters. The summed E-state index contributed by atoms with van der Waals surface area (Å²) in [5, 5.41) is 6.68. The molecule has 1 rings (SSSR count). The fourth-order valence-corrected chi connectivity index (χ4v) is 1.82. The number of benzene rings is 1. The average molecular weight is 320 g/mol. The summed E-state index contributed by atoms with van der Waals surface area (Å²) in [5.41, 5.74) is 0.943. The van der Waals surface area contributed by atoms with E-state index >= 15 is 0 Å². The lowest BCUT2D eigenvalue weighted by atomic mass is 10.3. The Morgan fingerprint density at radius 1 is 1.47 bits per heavy atom. The van der Waals surface area contributed by atoms with Crippen molar-refractivity contribution in [3.8, 4) is 0 Å². The molecule has 0 radical (unpaired) electrons. The number of carbonyl (C=O) groups is 1. The first kappa shape index (κ1) is 14.3. The normalized spacial score (nSPS) is 10.4. The molecule has 0 saturated heterocycles. The van der Waals surface area contributed by atoms with Gasteiger partial charge in [-0.15, -0.1) is 0 Å². The molecule has 3 nitrogen and oxygen atoms in total. The van der Waals surface area contributed by atoms with Crippen LogP contribution in [-0.4, -0.2) is 18.5 Å². The summed E-state index contributed by atoms with van der Waals surface area (Å²) in [5.74, 6) is 0.0560. The maximum atomic E-state index is 11.4. The largest absolute Gasteiger partial charge is 0.384 e. The van der Waals surface area contributed by atoms with E-state index in [0.717, 1.165) is 10.2 Å². The molecular weight excluding hydrogens is 304 g/mol. The molecule has 0 aromatic heterocycles. The van der Waals surface area contributed by atoms with E-state index in [0.29, 0.717) is 18.0 Å². The first-order valence-electron chi connectivity index (χ1n) is 5.47. The minimum absolute atomic E-state index is 0.0560. The van der Waals surface area contributed by atoms with E-state index in [9.17, 15) is 4.79 Å². The number of hydrogen-bond donors (Lipinski definition) is 2. The van der Waals surface area contributed by atoms with Gasteiger partial charge in [0.05, 0.1) is 5.02 Å². The van der Waals surface area contributed by atoms with Gasteiger partial charge in [-0.3, -0.25) is 4.79 Å². The van der Waals surface area contributed by atoms with Crippen LogP contribution in [0.3, 0.4) is 0 Å². The lowest BCUT2D eigenvalue weighted by Crippen LogP contribution is -2.31. The highest BCUT2D eigenvalue weighted by Crippen LogP contribution is 2.25. The van der Waals surface area contributed by atoms with Crippen molar-refractivity contribution in [2.75, 3.05) is 11.9 Å². The summed E-state index contributed by atoms with van der Waals surface area (Å²) >= 11 is 9.23. The molecule has 1 amide bonds. The molecule has 0 fully saturated rings. The van der Waals surface area contributed by atoms with E-state index in [4.69, 9.17) is 11.6 Å². The van der Waals surface area contributed by atoms with E-state index in [1.165, 1.54) is 0 Å². The molecule has 1 aromatic rings. The van der Waals surface area contributed by atoms with Crippen LogP contribution in [0.5, 0.6) is 0 Å². The number of nitrogens with one attached hydrogen (secondary N) is 2. The topological polar surface area (TPSA) is 41.1 Å². The van der Waals surface area contributed by atoms with Gasteiger partial charge in [0.1, 0.15) is 0 Å². The van der Waals surface area contributed by atoms with Crippen LogP contribution in [0.15, 0.2) is 22.7 Å². The Balaban J connectivity index is 2.36. The third kappa shape index (κ3) is 5.41. The summed E-state index contributed by atoms with van der Waals surface area (Å²) in [6.45, 7) is 4.50. The Hall–Kier alpha value is -0.740. The van der Waals surface area contributed by atoms with Gasteiger partial charge in [0.15, 0.2) is 0 Å². The quantitative estimate of drug-likeness (QED) is 0.873. The van der Waals surface area contributed by atoms with Crippen LogP contribution in [-0.2, 0) is 4.79 Å². The summed E-state index contributed by atoms with van der Waals surface area (Å²) in [4.78, 5) is 11.4. The highest BCUT2D eigenvalue weighted by Gasteiger charge is 2.03. The molecule has 0 bridgehead atoms. The molecule has 0 spiro atoms. The zero-order chi connectivity index (χ0) is 12.8. The van der Waals surface area contributed by atoms with E-state index in [1.807, 2.05) is 32.0 Å². The van der Waals surface area contributed by atoms with Gasteiger partial charge in [-0.2, -0.15) is 0 Å². The van der Waals surface area contributed by atoms with Gasteiger partial charge in [-0.25, -0.2) is 0 Å². The van der Waals surface area contributed by atoms with Gasteiger partial charge >= 0.3 is 0 Å². The zero-order valence-electron chi connectivity index (χ0n) is 9.89. The number of halogens is 2. The molecule has 0 aliphatic rings. The number of carbonyl (C=O) groups excluding carboxylic acids is 1. The molecule has 5 heteroatoms. The van der Waals surface area contributed by atoms with E-state index in [1.54, 1.807) is 0 Å². The van der Waals surface area contributed by atoms with Crippen LogP contribution in [0.4, 0.5) is 5.69 Å². The smallest absolute Gasteiger partial charge is 0.221 e. The van der Waals surface area contributed by atoms with Crippen LogP contribution in [0.1, 0.15) is 20.3 Å². The van der Waals surface area contributed by atoms with Crippen LogP contribution in [0.25, 0.3) is 0 Å². The molecular formula is C12H16BrClN2O. The van der Waals surface area contributed by atoms with Gasteiger partial charge in [0, 0.05) is 29.2 Å². The third-order valence-corrected chi connectivity index (χ3v) is 3.26. The van der Waals surface area contributed by atoms with Crippen molar-refractivity contribution in [3.63, 3.8) is 0 Å². The first-order valence-corrected chi connectivity index (χ1v) is 6.64. The SMILES string of the molecule is CC(C)NC(=O)CCNc1ccc(Cl)c(Br)c1. The summed E-state index contributed by atoms with van der Waals surface area (Å²) < 4.78 is 0.843. The second-order valence-electron chi connectivity index (χ2n) is 4.03. The molecule has 0 aliphatic heterocycles. The molecule has 17 heavy (non-hydrogen) atoms. The lowest BCUT2D eigenvalue weighted by Gasteiger charge is -2.10. The van der Waals surface area contributed by atoms with Crippen molar-refractivity contribution in [1.82, 2.24) is 5.32 Å². The molecule has 2 N–H and O–H groups in total. The third-order valence-electron chi connectivity index (χ3n) is 2.05. The van der Waals surface area contributed by atoms with E-state index in [-0.39, 0.29) is 11.9 Å². The summed E-state index contributed by atoms with van der Waals surface area (Å²) in [6.07, 6.45) is 0.457. The molecule has 0 heterocycles. The maximum Gasteiger partial charge on any atom is 0.221 e. The second-order valence-corrected chi connectivity index (χ2v) is 5.29. The zero-order valence-corrected chi connectivity index (χ0v) is 12.2. The van der Waals surface area contributed by atoms with Crippen molar-refractivity contribution >= 4 is 39.1 Å². The average Bonchev–Trinajstić information content (AvgIpc) is 2.22. The van der Waals surface area contributed by atoms with Crippen LogP contribution < -0.4 is 10.6 Å². The second kappa shape index (κ2) is 6.87. The van der Waals surface area contributed by atoms with Crippen LogP contribution in [0, 0.1) is 0 Å². The molecule has 0 saturated carbocycles. The molecule has 94 valence electrons. The monoisotopic (exact) mass is 318 g/mol. The van der Waals surface area contributed by atoms with Gasteiger partial charge in [-0.1, -0.05) is 11.6 Å². The molecule has 0 unspecified atom stereocenters. The standard InChI is InChI=1S/C12H16BrClN2O/c1-8(2)16-12(17)5-6-15-9-3-4-11(14)10(13)7-9/h3-4,7-8,15H,5-6H2,1-2H3,(H,16,17). The maximum absolute atomic E-state index is 11.4. The predicted octanol–water partition coefficient (Wildman–Crippen LogP) is 3.43. The highest BCUT2D eigenvalue weighted by molar-refractivity contribution is 9.10. The Bertz CT molecular complexity index is 396. The fourth-order valence-electron chi connectivity index (χ4n) is 1.32. The summed E-state index contributed by atoms with van der Waals surface area (Å²) in [6, 6.07) is 5.77.